The van der Waals surface area contributed by atoms with Gasteiger partial charge in [0.15, 0.2) is 6.17 Å². The molecule has 0 fully saturated rings. The fourth-order valence-corrected chi connectivity index (χ4v) is 6.05. The molecule has 8 rings (SSSR count). The van der Waals surface area contributed by atoms with Crippen LogP contribution in [0.4, 0.5) is 0 Å². The minimum absolute atomic E-state index is 0.0602. The van der Waals surface area contributed by atoms with E-state index in [0.29, 0.717) is 11.2 Å². The van der Waals surface area contributed by atoms with E-state index in [2.05, 4.69) is 35.6 Å². The molecule has 5 nitrogen and oxygen atoms in total. The van der Waals surface area contributed by atoms with Crippen LogP contribution in [0.5, 0.6) is 0 Å². The van der Waals surface area contributed by atoms with Crippen LogP contribution in [0.25, 0.3) is 38.5 Å². The number of nitrogens with zero attached hydrogens (tertiary/aromatic N) is 3. The molecule has 1 N–H and O–H groups in total. The minimum Gasteiger partial charge on any atom is -0.324 e. The Labute approximate surface area is 260 Å². The Hall–Kier alpha value is -6.07. The van der Waals surface area contributed by atoms with E-state index in [1.807, 2.05) is 132 Å². The number of pyridine rings is 1. The Kier molecular flexibility index (Phi) is 6.61. The van der Waals surface area contributed by atoms with Gasteiger partial charge in [0.05, 0.1) is 5.52 Å². The van der Waals surface area contributed by atoms with E-state index < -0.39 is 6.17 Å². The molecule has 1 unspecified atom stereocenters. The smallest absolute Gasteiger partial charge is 0.263 e. The van der Waals surface area contributed by atoms with Crippen molar-refractivity contribution in [1.29, 1.82) is 0 Å². The largest absolute Gasteiger partial charge is 0.324 e. The standard InChI is InChI=1S/C40H28N4O/c45-40-34-22-11-10-21-33(34)35-26-30(27-13-4-1-5-14-27)23-24-36(35)44(40)32-20-12-19-31(25-32)39-42-37(28-15-6-2-7-16-28)41-38(43-39)29-17-8-3-9-18-29/h1-26,37H,(H,41,42,43). The lowest BCUT2D eigenvalue weighted by Gasteiger charge is -2.23. The van der Waals surface area contributed by atoms with Crippen molar-refractivity contribution in [1.82, 2.24) is 9.88 Å². The summed E-state index contributed by atoms with van der Waals surface area (Å²) in [5, 5.41) is 6.12. The van der Waals surface area contributed by atoms with Crippen LogP contribution in [-0.4, -0.2) is 16.2 Å². The first-order valence-electron chi connectivity index (χ1n) is 15.0. The number of nitrogens with one attached hydrogen (secondary N) is 1. The summed E-state index contributed by atoms with van der Waals surface area (Å²) in [7, 11) is 0. The summed E-state index contributed by atoms with van der Waals surface area (Å²) in [6, 6.07) is 52.7. The van der Waals surface area contributed by atoms with Crippen LogP contribution in [0.2, 0.25) is 0 Å². The zero-order valence-corrected chi connectivity index (χ0v) is 24.3. The van der Waals surface area contributed by atoms with E-state index in [1.165, 1.54) is 0 Å². The molecule has 214 valence electrons. The average Bonchev–Trinajstić information content (AvgIpc) is 3.13. The van der Waals surface area contributed by atoms with Gasteiger partial charge < -0.3 is 5.32 Å². The molecule has 7 aromatic rings. The van der Waals surface area contributed by atoms with Gasteiger partial charge in [0, 0.05) is 27.6 Å². The number of hydrogen-bond donors (Lipinski definition) is 1. The van der Waals surface area contributed by atoms with E-state index in [4.69, 9.17) is 9.98 Å². The molecule has 1 aliphatic rings. The predicted octanol–water partition coefficient (Wildman–Crippen LogP) is 8.31. The van der Waals surface area contributed by atoms with Gasteiger partial charge in [-0.1, -0.05) is 127 Å². The van der Waals surface area contributed by atoms with Gasteiger partial charge in [-0.25, -0.2) is 9.98 Å². The number of amidine groups is 2. The highest BCUT2D eigenvalue weighted by molar-refractivity contribution is 6.16. The molecule has 1 aromatic heterocycles. The van der Waals surface area contributed by atoms with Crippen molar-refractivity contribution < 1.29 is 0 Å². The van der Waals surface area contributed by atoms with Crippen LogP contribution in [0.1, 0.15) is 22.9 Å². The Morgan fingerprint density at radius 3 is 1.82 bits per heavy atom. The van der Waals surface area contributed by atoms with Crippen LogP contribution in [0.3, 0.4) is 0 Å². The highest BCUT2D eigenvalue weighted by Crippen LogP contribution is 2.31. The summed E-state index contributed by atoms with van der Waals surface area (Å²) in [6.07, 6.45) is -0.401. The summed E-state index contributed by atoms with van der Waals surface area (Å²) < 4.78 is 1.82. The molecule has 45 heavy (non-hydrogen) atoms. The molecular weight excluding hydrogens is 552 g/mol. The quantitative estimate of drug-likeness (QED) is 0.208. The molecule has 0 aliphatic carbocycles. The van der Waals surface area contributed by atoms with Crippen LogP contribution < -0.4 is 10.9 Å². The third-order valence-electron chi connectivity index (χ3n) is 8.26. The molecule has 5 heteroatoms. The van der Waals surface area contributed by atoms with Crippen molar-refractivity contribution in [3.05, 3.63) is 185 Å². The second-order valence-electron chi connectivity index (χ2n) is 11.1. The summed E-state index contributed by atoms with van der Waals surface area (Å²) in [4.78, 5) is 24.2. The summed E-state index contributed by atoms with van der Waals surface area (Å²) in [5.74, 6) is 1.45. The van der Waals surface area contributed by atoms with Gasteiger partial charge in [0.2, 0.25) is 0 Å². The second kappa shape index (κ2) is 11.2. The monoisotopic (exact) mass is 580 g/mol. The molecule has 0 radical (unpaired) electrons. The molecule has 6 aromatic carbocycles. The SMILES string of the molecule is O=c1c2ccccc2c2cc(-c3ccccc3)ccc2n1-c1cccc(C2=NC(c3ccccc3)N=C(c3ccccc3)N2)c1. The fourth-order valence-electron chi connectivity index (χ4n) is 6.05. The fraction of sp³-hybridized carbons (Fsp3) is 0.0250. The number of hydrogen-bond acceptors (Lipinski definition) is 4. The van der Waals surface area contributed by atoms with Crippen LogP contribution in [0.15, 0.2) is 173 Å². The maximum atomic E-state index is 14.2. The summed E-state index contributed by atoms with van der Waals surface area (Å²) in [5.41, 5.74) is 6.65. The van der Waals surface area contributed by atoms with Gasteiger partial charge in [-0.3, -0.25) is 9.36 Å². The van der Waals surface area contributed by atoms with Crippen molar-refractivity contribution in [3.63, 3.8) is 0 Å². The second-order valence-corrected chi connectivity index (χ2v) is 11.1. The maximum Gasteiger partial charge on any atom is 0.263 e. The van der Waals surface area contributed by atoms with Crippen molar-refractivity contribution in [2.24, 2.45) is 9.98 Å². The molecule has 0 saturated carbocycles. The third kappa shape index (κ3) is 4.90. The summed E-state index contributed by atoms with van der Waals surface area (Å²) in [6.45, 7) is 0. The van der Waals surface area contributed by atoms with E-state index >= 15 is 0 Å². The van der Waals surface area contributed by atoms with Gasteiger partial charge in [-0.05, 0) is 52.4 Å². The van der Waals surface area contributed by atoms with Gasteiger partial charge in [0.1, 0.15) is 11.7 Å². The third-order valence-corrected chi connectivity index (χ3v) is 8.26. The minimum atomic E-state index is -0.401. The predicted molar refractivity (Wildman–Crippen MR) is 184 cm³/mol. The number of fused-ring (bicyclic) bond motifs is 3. The first kappa shape index (κ1) is 26.5. The van der Waals surface area contributed by atoms with Crippen LogP contribution >= 0.6 is 0 Å². The van der Waals surface area contributed by atoms with E-state index in [1.54, 1.807) is 0 Å². The van der Waals surface area contributed by atoms with Crippen LogP contribution in [-0.2, 0) is 0 Å². The topological polar surface area (TPSA) is 58.8 Å². The highest BCUT2D eigenvalue weighted by atomic mass is 16.1. The molecule has 0 bridgehead atoms. The Morgan fingerprint density at radius 1 is 0.489 bits per heavy atom. The van der Waals surface area contributed by atoms with Gasteiger partial charge in [0.25, 0.3) is 5.56 Å². The van der Waals surface area contributed by atoms with Crippen molar-refractivity contribution in [2.75, 3.05) is 0 Å². The van der Waals surface area contributed by atoms with E-state index in [-0.39, 0.29) is 5.56 Å². The summed E-state index contributed by atoms with van der Waals surface area (Å²) >= 11 is 0. The normalized spacial score (nSPS) is 14.5. The van der Waals surface area contributed by atoms with Crippen molar-refractivity contribution in [3.8, 4) is 16.8 Å². The Morgan fingerprint density at radius 2 is 1.09 bits per heavy atom. The maximum absolute atomic E-state index is 14.2. The molecular formula is C40H28N4O. The number of rotatable bonds is 5. The highest BCUT2D eigenvalue weighted by Gasteiger charge is 2.21. The molecule has 0 amide bonds. The molecule has 2 heterocycles. The molecule has 0 spiro atoms. The van der Waals surface area contributed by atoms with Crippen molar-refractivity contribution >= 4 is 33.3 Å². The van der Waals surface area contributed by atoms with Gasteiger partial charge >= 0.3 is 0 Å². The van der Waals surface area contributed by atoms with Gasteiger partial charge in [-0.2, -0.15) is 0 Å². The van der Waals surface area contributed by atoms with E-state index in [0.717, 1.165) is 55.6 Å². The lowest BCUT2D eigenvalue weighted by molar-refractivity contribution is 0.756. The van der Waals surface area contributed by atoms with E-state index in [9.17, 15) is 4.79 Å². The lowest BCUT2D eigenvalue weighted by Crippen LogP contribution is -2.36. The van der Waals surface area contributed by atoms with Crippen molar-refractivity contribution in [2.45, 2.75) is 6.17 Å². The number of aliphatic imine (C=N–C) groups is 2. The Balaban J connectivity index is 1.29. The first-order chi connectivity index (χ1) is 22.2. The zero-order valence-electron chi connectivity index (χ0n) is 24.3. The molecule has 0 saturated heterocycles. The number of benzene rings is 6. The van der Waals surface area contributed by atoms with Crippen LogP contribution in [0, 0.1) is 0 Å². The number of aromatic nitrogens is 1. The zero-order chi connectivity index (χ0) is 30.2. The lowest BCUT2D eigenvalue weighted by atomic mass is 9.99. The average molecular weight is 581 g/mol. The molecule has 1 aliphatic heterocycles. The van der Waals surface area contributed by atoms with Gasteiger partial charge in [-0.15, -0.1) is 0 Å². The Bertz CT molecular complexity index is 2310. The molecule has 1 atom stereocenters. The first-order valence-corrected chi connectivity index (χ1v) is 15.0.